The Morgan fingerprint density at radius 2 is 2.00 bits per heavy atom. The van der Waals surface area contributed by atoms with Crippen LogP contribution in [0.1, 0.15) is 30.9 Å². The topological polar surface area (TPSA) is 57.6 Å². The van der Waals surface area contributed by atoms with Crippen molar-refractivity contribution in [1.82, 2.24) is 4.90 Å². The van der Waals surface area contributed by atoms with Gasteiger partial charge in [0, 0.05) is 19.4 Å². The Bertz CT molecular complexity index is 470. The van der Waals surface area contributed by atoms with Crippen molar-refractivity contribution < 1.29 is 14.7 Å². The predicted octanol–water partition coefficient (Wildman–Crippen LogP) is 1.82. The second-order valence-corrected chi connectivity index (χ2v) is 4.60. The van der Waals surface area contributed by atoms with Gasteiger partial charge in [-0.3, -0.25) is 4.79 Å². The van der Waals surface area contributed by atoms with Crippen molar-refractivity contribution in [3.8, 4) is 0 Å². The van der Waals surface area contributed by atoms with Gasteiger partial charge in [-0.2, -0.15) is 0 Å². The van der Waals surface area contributed by atoms with Crippen molar-refractivity contribution in [1.29, 1.82) is 0 Å². The maximum Gasteiger partial charge on any atom is 0.326 e. The monoisotopic (exact) mass is 247 g/mol. The lowest BCUT2D eigenvalue weighted by molar-refractivity contribution is -0.151. The third-order valence-electron chi connectivity index (χ3n) is 3.32. The number of carbonyl (C=O) groups excluding carboxylic acids is 1. The standard InChI is InChI=1S/C14H17NO3/c1-2-5-13(16)15-9-11-7-4-3-6-10(11)8-12(15)14(17)18/h3-4,6-7,12H,2,5,8-9H2,1H3,(H,17,18)/t12-/m0/s1. The van der Waals surface area contributed by atoms with Crippen LogP contribution in [0.5, 0.6) is 0 Å². The molecule has 1 atom stereocenters. The summed E-state index contributed by atoms with van der Waals surface area (Å²) in [5.74, 6) is -0.992. The molecule has 1 aliphatic heterocycles. The number of carboxylic acids is 1. The van der Waals surface area contributed by atoms with Crippen molar-refractivity contribution in [3.05, 3.63) is 35.4 Å². The molecule has 1 N–H and O–H groups in total. The van der Waals surface area contributed by atoms with E-state index in [1.165, 1.54) is 4.90 Å². The second-order valence-electron chi connectivity index (χ2n) is 4.60. The van der Waals surface area contributed by atoms with Gasteiger partial charge in [0.1, 0.15) is 6.04 Å². The fraction of sp³-hybridized carbons (Fsp3) is 0.429. The lowest BCUT2D eigenvalue weighted by Gasteiger charge is -2.34. The zero-order valence-corrected chi connectivity index (χ0v) is 10.4. The Morgan fingerprint density at radius 3 is 2.61 bits per heavy atom. The fourth-order valence-electron chi connectivity index (χ4n) is 2.36. The molecule has 0 spiro atoms. The largest absolute Gasteiger partial charge is 0.480 e. The van der Waals surface area contributed by atoms with Crippen molar-refractivity contribution in [2.45, 2.75) is 38.8 Å². The van der Waals surface area contributed by atoms with Crippen LogP contribution in [0.2, 0.25) is 0 Å². The van der Waals surface area contributed by atoms with Gasteiger partial charge in [-0.25, -0.2) is 4.79 Å². The molecule has 1 aliphatic rings. The van der Waals surface area contributed by atoms with E-state index in [4.69, 9.17) is 0 Å². The number of hydrogen-bond acceptors (Lipinski definition) is 2. The summed E-state index contributed by atoms with van der Waals surface area (Å²) in [5, 5.41) is 9.26. The molecule has 2 rings (SSSR count). The molecule has 96 valence electrons. The molecule has 0 saturated carbocycles. The summed E-state index contributed by atoms with van der Waals surface area (Å²) in [5.41, 5.74) is 2.09. The van der Waals surface area contributed by atoms with Crippen LogP contribution in [-0.2, 0) is 22.6 Å². The number of hydrogen-bond donors (Lipinski definition) is 1. The van der Waals surface area contributed by atoms with Gasteiger partial charge in [0.25, 0.3) is 0 Å². The number of nitrogens with zero attached hydrogens (tertiary/aromatic N) is 1. The smallest absolute Gasteiger partial charge is 0.326 e. The quantitative estimate of drug-likeness (QED) is 0.886. The van der Waals surface area contributed by atoms with E-state index in [1.807, 2.05) is 31.2 Å². The lowest BCUT2D eigenvalue weighted by atomic mass is 9.93. The van der Waals surface area contributed by atoms with Crippen LogP contribution < -0.4 is 0 Å². The SMILES string of the molecule is CCCC(=O)N1Cc2ccccc2C[C@H]1C(=O)O. The number of carboxylic acid groups (broad SMARTS) is 1. The van der Waals surface area contributed by atoms with Gasteiger partial charge in [0.2, 0.25) is 5.91 Å². The minimum atomic E-state index is -0.922. The van der Waals surface area contributed by atoms with E-state index >= 15 is 0 Å². The summed E-state index contributed by atoms with van der Waals surface area (Å²) in [6.07, 6.45) is 1.55. The van der Waals surface area contributed by atoms with E-state index in [9.17, 15) is 14.7 Å². The zero-order chi connectivity index (χ0) is 13.1. The Labute approximate surface area is 106 Å². The predicted molar refractivity (Wildman–Crippen MR) is 67.0 cm³/mol. The maximum atomic E-state index is 12.0. The van der Waals surface area contributed by atoms with E-state index in [2.05, 4.69) is 0 Å². The average molecular weight is 247 g/mol. The second kappa shape index (κ2) is 5.21. The first-order valence-electron chi connectivity index (χ1n) is 6.22. The van der Waals surface area contributed by atoms with E-state index in [-0.39, 0.29) is 5.91 Å². The molecule has 1 aromatic rings. The minimum absolute atomic E-state index is 0.0700. The van der Waals surface area contributed by atoms with E-state index in [0.717, 1.165) is 17.5 Å². The number of rotatable bonds is 3. The summed E-state index contributed by atoms with van der Waals surface area (Å²) >= 11 is 0. The molecule has 1 amide bonds. The third kappa shape index (κ3) is 2.37. The first kappa shape index (κ1) is 12.6. The molecule has 0 fully saturated rings. The number of fused-ring (bicyclic) bond motifs is 1. The van der Waals surface area contributed by atoms with E-state index in [1.54, 1.807) is 0 Å². The molecule has 1 heterocycles. The normalized spacial score (nSPS) is 18.3. The molecular weight excluding hydrogens is 230 g/mol. The van der Waals surface area contributed by atoms with Crippen molar-refractivity contribution >= 4 is 11.9 Å². The summed E-state index contributed by atoms with van der Waals surface area (Å²) in [7, 11) is 0. The molecule has 1 aromatic carbocycles. The van der Waals surface area contributed by atoms with Gasteiger partial charge in [-0.05, 0) is 17.5 Å². The number of carbonyl (C=O) groups is 2. The highest BCUT2D eigenvalue weighted by molar-refractivity contribution is 5.84. The van der Waals surface area contributed by atoms with E-state index in [0.29, 0.717) is 19.4 Å². The third-order valence-corrected chi connectivity index (χ3v) is 3.32. The molecule has 4 heteroatoms. The number of benzene rings is 1. The van der Waals surface area contributed by atoms with Crippen LogP contribution in [0.4, 0.5) is 0 Å². The van der Waals surface area contributed by atoms with Crippen LogP contribution in [0, 0.1) is 0 Å². The molecule has 0 saturated heterocycles. The lowest BCUT2D eigenvalue weighted by Crippen LogP contribution is -2.48. The van der Waals surface area contributed by atoms with Crippen molar-refractivity contribution in [3.63, 3.8) is 0 Å². The molecule has 0 bridgehead atoms. The summed E-state index contributed by atoms with van der Waals surface area (Å²) in [6.45, 7) is 2.33. The molecule has 0 radical (unpaired) electrons. The van der Waals surface area contributed by atoms with Gasteiger partial charge >= 0.3 is 5.97 Å². The Balaban J connectivity index is 2.28. The highest BCUT2D eigenvalue weighted by Crippen LogP contribution is 2.24. The zero-order valence-electron chi connectivity index (χ0n) is 10.4. The summed E-state index contributed by atoms with van der Waals surface area (Å²) < 4.78 is 0. The molecule has 18 heavy (non-hydrogen) atoms. The Hall–Kier alpha value is -1.84. The van der Waals surface area contributed by atoms with Crippen LogP contribution >= 0.6 is 0 Å². The molecule has 0 aliphatic carbocycles. The van der Waals surface area contributed by atoms with Gasteiger partial charge in [-0.15, -0.1) is 0 Å². The van der Waals surface area contributed by atoms with Crippen molar-refractivity contribution in [2.75, 3.05) is 0 Å². The van der Waals surface area contributed by atoms with Crippen LogP contribution in [0.15, 0.2) is 24.3 Å². The molecule has 0 aromatic heterocycles. The van der Waals surface area contributed by atoms with Gasteiger partial charge < -0.3 is 10.0 Å². The molecule has 0 unspecified atom stereocenters. The first-order valence-corrected chi connectivity index (χ1v) is 6.22. The van der Waals surface area contributed by atoms with Crippen LogP contribution in [0.3, 0.4) is 0 Å². The number of aliphatic carboxylic acids is 1. The molecular formula is C14H17NO3. The summed E-state index contributed by atoms with van der Waals surface area (Å²) in [6, 6.07) is 7.00. The van der Waals surface area contributed by atoms with Crippen molar-refractivity contribution in [2.24, 2.45) is 0 Å². The van der Waals surface area contributed by atoms with Crippen LogP contribution in [0.25, 0.3) is 0 Å². The fourth-order valence-corrected chi connectivity index (χ4v) is 2.36. The Morgan fingerprint density at radius 1 is 1.33 bits per heavy atom. The van der Waals surface area contributed by atoms with E-state index < -0.39 is 12.0 Å². The van der Waals surface area contributed by atoms with Gasteiger partial charge in [0.05, 0.1) is 0 Å². The first-order chi connectivity index (χ1) is 8.63. The van der Waals surface area contributed by atoms with Gasteiger partial charge in [-0.1, -0.05) is 31.2 Å². The average Bonchev–Trinajstić information content (AvgIpc) is 2.37. The Kier molecular flexibility index (Phi) is 3.65. The minimum Gasteiger partial charge on any atom is -0.480 e. The maximum absolute atomic E-state index is 12.0. The van der Waals surface area contributed by atoms with Crippen LogP contribution in [-0.4, -0.2) is 27.9 Å². The number of amides is 1. The highest BCUT2D eigenvalue weighted by atomic mass is 16.4. The highest BCUT2D eigenvalue weighted by Gasteiger charge is 2.33. The molecule has 4 nitrogen and oxygen atoms in total. The summed E-state index contributed by atoms with van der Waals surface area (Å²) in [4.78, 5) is 24.8. The van der Waals surface area contributed by atoms with Gasteiger partial charge in [0.15, 0.2) is 0 Å².